The summed E-state index contributed by atoms with van der Waals surface area (Å²) >= 11 is 0. The zero-order valence-corrected chi connectivity index (χ0v) is 8.40. The second-order valence-electron chi connectivity index (χ2n) is 3.92. The highest BCUT2D eigenvalue weighted by Crippen LogP contribution is 2.11. The maximum absolute atomic E-state index is 5.96. The van der Waals surface area contributed by atoms with Crippen LogP contribution in [0.4, 0.5) is 0 Å². The van der Waals surface area contributed by atoms with Gasteiger partial charge in [-0.3, -0.25) is 0 Å². The van der Waals surface area contributed by atoms with Crippen LogP contribution in [0.2, 0.25) is 0 Å². The molecule has 15 heavy (non-hydrogen) atoms. The molecule has 2 aromatic carbocycles. The minimum Gasteiger partial charge on any atom is -0.0801 e. The van der Waals surface area contributed by atoms with Gasteiger partial charge in [-0.15, -0.1) is 0 Å². The van der Waals surface area contributed by atoms with E-state index < -0.39 is 0 Å². The highest BCUT2D eigenvalue weighted by Gasteiger charge is 2.05. The molecule has 0 fully saturated rings. The van der Waals surface area contributed by atoms with Crippen molar-refractivity contribution in [1.29, 1.82) is 0 Å². The second-order valence-corrected chi connectivity index (χ2v) is 3.92. The Morgan fingerprint density at radius 1 is 1.13 bits per heavy atom. The normalized spacial score (nSPS) is 13.5. The van der Waals surface area contributed by atoms with Crippen LogP contribution >= 0.6 is 0 Å². The molecule has 0 spiro atoms. The molecule has 0 saturated heterocycles. The minimum absolute atomic E-state index is 0.859. The molecule has 1 aliphatic carbocycles. The van der Waals surface area contributed by atoms with Gasteiger partial charge in [-0.2, -0.15) is 0 Å². The van der Waals surface area contributed by atoms with Gasteiger partial charge in [0.1, 0.15) is 5.39 Å². The summed E-state index contributed by atoms with van der Waals surface area (Å²) in [7, 11) is 0. The van der Waals surface area contributed by atoms with Crippen molar-refractivity contribution in [2.24, 2.45) is 0 Å². The van der Waals surface area contributed by atoms with Crippen molar-refractivity contribution in [3.05, 3.63) is 58.5 Å². The fraction of sp³-hybridized carbons (Fsp3) is 0.0667. The predicted molar refractivity (Wildman–Crippen MR) is 65.0 cm³/mol. The van der Waals surface area contributed by atoms with Crippen LogP contribution < -0.4 is 10.4 Å². The molecular formula is C15H11+. The van der Waals surface area contributed by atoms with Crippen molar-refractivity contribution in [1.82, 2.24) is 0 Å². The largest absolute Gasteiger partial charge is 0.188 e. The SMILES string of the molecule is [CH+]=c1cccc2cc3c(cc12)=CC=CC3. The van der Waals surface area contributed by atoms with E-state index in [1.807, 2.05) is 12.1 Å². The van der Waals surface area contributed by atoms with E-state index in [2.05, 4.69) is 36.4 Å². The van der Waals surface area contributed by atoms with Gasteiger partial charge in [0.2, 0.25) is 0 Å². The summed E-state index contributed by atoms with van der Waals surface area (Å²) in [5, 5.41) is 4.54. The molecule has 70 valence electrons. The Hall–Kier alpha value is -1.91. The summed E-state index contributed by atoms with van der Waals surface area (Å²) in [5.74, 6) is 0. The Morgan fingerprint density at radius 3 is 3.00 bits per heavy atom. The van der Waals surface area contributed by atoms with E-state index >= 15 is 0 Å². The monoisotopic (exact) mass is 191 g/mol. The Balaban J connectivity index is 2.51. The fourth-order valence-electron chi connectivity index (χ4n) is 2.11. The van der Waals surface area contributed by atoms with Crippen LogP contribution in [0.1, 0.15) is 5.56 Å². The molecule has 0 bridgehead atoms. The van der Waals surface area contributed by atoms with Gasteiger partial charge in [0, 0.05) is 18.0 Å². The summed E-state index contributed by atoms with van der Waals surface area (Å²) in [6.07, 6.45) is 7.45. The van der Waals surface area contributed by atoms with Crippen molar-refractivity contribution in [3.63, 3.8) is 0 Å². The maximum atomic E-state index is 5.96. The molecule has 0 heterocycles. The van der Waals surface area contributed by atoms with E-state index in [9.17, 15) is 0 Å². The molecular weight excluding hydrogens is 180 g/mol. The van der Waals surface area contributed by atoms with E-state index in [1.54, 1.807) is 0 Å². The first-order valence-electron chi connectivity index (χ1n) is 5.15. The van der Waals surface area contributed by atoms with Crippen LogP contribution in [0.3, 0.4) is 0 Å². The molecule has 0 radical (unpaired) electrons. The first-order valence-corrected chi connectivity index (χ1v) is 5.15. The fourth-order valence-corrected chi connectivity index (χ4v) is 2.11. The lowest BCUT2D eigenvalue weighted by Crippen LogP contribution is -2.12. The number of rotatable bonds is 0. The van der Waals surface area contributed by atoms with Crippen LogP contribution in [-0.4, -0.2) is 0 Å². The third-order valence-corrected chi connectivity index (χ3v) is 2.92. The molecule has 0 unspecified atom stereocenters. The van der Waals surface area contributed by atoms with Gasteiger partial charge in [0.25, 0.3) is 0 Å². The molecule has 0 amide bonds. The first-order chi connectivity index (χ1) is 7.34. The lowest BCUT2D eigenvalue weighted by atomic mass is 9.99. The lowest BCUT2D eigenvalue weighted by molar-refractivity contribution is 1.24. The Bertz CT molecular complexity index is 660. The molecule has 1 aliphatic rings. The number of benzene rings is 2. The number of allylic oxidation sites excluding steroid dienone is 2. The van der Waals surface area contributed by atoms with Crippen LogP contribution in [0.15, 0.2) is 42.5 Å². The average Bonchev–Trinajstić information content (AvgIpc) is 2.27. The van der Waals surface area contributed by atoms with Crippen LogP contribution in [-0.2, 0) is 6.42 Å². The van der Waals surface area contributed by atoms with Gasteiger partial charge in [0.05, 0.1) is 6.07 Å². The van der Waals surface area contributed by atoms with Gasteiger partial charge in [0.15, 0.2) is 5.22 Å². The summed E-state index contributed by atoms with van der Waals surface area (Å²) in [6.45, 7) is 5.96. The zero-order chi connectivity index (χ0) is 10.3. The third-order valence-electron chi connectivity index (χ3n) is 2.92. The van der Waals surface area contributed by atoms with E-state index in [0.29, 0.717) is 0 Å². The number of hydrogen-bond donors (Lipinski definition) is 0. The summed E-state index contributed by atoms with van der Waals surface area (Å²) < 4.78 is 0. The quantitative estimate of drug-likeness (QED) is 0.559. The topological polar surface area (TPSA) is 0 Å². The molecule has 3 rings (SSSR count). The van der Waals surface area contributed by atoms with Crippen molar-refractivity contribution in [2.75, 3.05) is 0 Å². The first kappa shape index (κ1) is 8.40. The molecule has 0 N–H and O–H groups in total. The summed E-state index contributed by atoms with van der Waals surface area (Å²) in [6, 6.07) is 10.5. The highest BCUT2D eigenvalue weighted by molar-refractivity contribution is 5.84. The number of hydrogen-bond acceptors (Lipinski definition) is 0. The van der Waals surface area contributed by atoms with Crippen molar-refractivity contribution in [2.45, 2.75) is 6.42 Å². The highest BCUT2D eigenvalue weighted by atomic mass is 14.0. The van der Waals surface area contributed by atoms with Crippen LogP contribution in [0, 0.1) is 0 Å². The van der Waals surface area contributed by atoms with Gasteiger partial charge in [-0.25, -0.2) is 0 Å². The molecule has 2 aromatic rings. The van der Waals surface area contributed by atoms with Crippen molar-refractivity contribution in [3.8, 4) is 0 Å². The van der Waals surface area contributed by atoms with E-state index in [4.69, 9.17) is 6.58 Å². The van der Waals surface area contributed by atoms with E-state index in [0.717, 1.165) is 17.0 Å². The predicted octanol–water partition coefficient (Wildman–Crippen LogP) is 2.02. The summed E-state index contributed by atoms with van der Waals surface area (Å²) in [5.41, 5.74) is 1.38. The molecule has 0 aliphatic heterocycles. The minimum atomic E-state index is 0.859. The van der Waals surface area contributed by atoms with E-state index in [-0.39, 0.29) is 0 Å². The maximum Gasteiger partial charge on any atom is 0.188 e. The van der Waals surface area contributed by atoms with Gasteiger partial charge >= 0.3 is 0 Å². The number of fused-ring (bicyclic) bond motifs is 2. The molecule has 0 atom stereocenters. The Labute approximate surface area is 88.9 Å². The lowest BCUT2D eigenvalue weighted by Gasteiger charge is -2.03. The molecule has 0 saturated carbocycles. The Kier molecular flexibility index (Phi) is 1.71. The standard InChI is InChI=1S/C15H11/c1-11-5-4-8-14-9-12-6-2-3-7-13(12)10-15(11)14/h1-5,7-10H,6H2/q+1. The third kappa shape index (κ3) is 1.27. The van der Waals surface area contributed by atoms with Crippen molar-refractivity contribution >= 4 is 23.4 Å². The van der Waals surface area contributed by atoms with Gasteiger partial charge < -0.3 is 0 Å². The second kappa shape index (κ2) is 3.05. The van der Waals surface area contributed by atoms with E-state index in [1.165, 1.54) is 16.2 Å². The average molecular weight is 191 g/mol. The van der Waals surface area contributed by atoms with Crippen LogP contribution in [0.25, 0.3) is 23.4 Å². The van der Waals surface area contributed by atoms with Gasteiger partial charge in [-0.1, -0.05) is 18.2 Å². The smallest absolute Gasteiger partial charge is 0.0801 e. The van der Waals surface area contributed by atoms with Gasteiger partial charge in [-0.05, 0) is 35.4 Å². The molecule has 0 aromatic heterocycles. The zero-order valence-electron chi connectivity index (χ0n) is 8.40. The van der Waals surface area contributed by atoms with Crippen molar-refractivity contribution < 1.29 is 0 Å². The molecule has 0 heteroatoms. The van der Waals surface area contributed by atoms with Crippen LogP contribution in [0.5, 0.6) is 0 Å². The Morgan fingerprint density at radius 2 is 2.07 bits per heavy atom. The molecule has 0 nitrogen and oxygen atoms in total. The summed E-state index contributed by atoms with van der Waals surface area (Å²) in [4.78, 5) is 0.